The highest BCUT2D eigenvalue weighted by Gasteiger charge is 2.63. The van der Waals surface area contributed by atoms with E-state index in [4.69, 9.17) is 10.5 Å². The van der Waals surface area contributed by atoms with Gasteiger partial charge in [0.25, 0.3) is 0 Å². The Morgan fingerprint density at radius 1 is 1.08 bits per heavy atom. The van der Waals surface area contributed by atoms with Crippen LogP contribution in [0.25, 0.3) is 0 Å². The van der Waals surface area contributed by atoms with Crippen molar-refractivity contribution in [2.24, 2.45) is 11.1 Å². The van der Waals surface area contributed by atoms with Crippen molar-refractivity contribution < 1.29 is 14.3 Å². The highest BCUT2D eigenvalue weighted by molar-refractivity contribution is 5.89. The first-order valence-electron chi connectivity index (χ1n) is 9.91. The van der Waals surface area contributed by atoms with Crippen LogP contribution in [0.2, 0.25) is 0 Å². The van der Waals surface area contributed by atoms with Crippen LogP contribution in [0.1, 0.15) is 41.0 Å². The number of carbonyl (C=O) groups excluding carboxylic acids is 2. The molecule has 7 nitrogen and oxygen atoms in total. The summed E-state index contributed by atoms with van der Waals surface area (Å²) in [5.41, 5.74) is 5.26. The zero-order valence-electron chi connectivity index (χ0n) is 17.1. The maximum atomic E-state index is 13.0. The van der Waals surface area contributed by atoms with Gasteiger partial charge in [0, 0.05) is 44.6 Å². The molecule has 0 radical (unpaired) electrons. The van der Waals surface area contributed by atoms with Crippen molar-refractivity contribution in [2.75, 3.05) is 52.4 Å². The molecule has 2 N–H and O–H groups in total. The molecule has 1 saturated heterocycles. The molecule has 1 saturated carbocycles. The summed E-state index contributed by atoms with van der Waals surface area (Å²) in [6, 6.07) is 0. The topological polar surface area (TPSA) is 79.1 Å². The molecule has 2 amide bonds. The minimum absolute atomic E-state index is 0.00528. The molecule has 0 aromatic carbocycles. The van der Waals surface area contributed by atoms with Gasteiger partial charge in [0.1, 0.15) is 5.54 Å². The third-order valence-corrected chi connectivity index (χ3v) is 6.38. The molecule has 7 heteroatoms. The first kappa shape index (κ1) is 21.1. The fourth-order valence-electron chi connectivity index (χ4n) is 3.98. The summed E-state index contributed by atoms with van der Waals surface area (Å²) in [4.78, 5) is 31.3. The summed E-state index contributed by atoms with van der Waals surface area (Å²) < 4.78 is 5.72. The van der Waals surface area contributed by atoms with E-state index in [1.165, 1.54) is 0 Å². The third kappa shape index (κ3) is 3.75. The van der Waals surface area contributed by atoms with E-state index in [0.717, 1.165) is 13.1 Å². The van der Waals surface area contributed by atoms with Crippen molar-refractivity contribution in [1.29, 1.82) is 0 Å². The molecule has 2 unspecified atom stereocenters. The standard InChI is InChI=1S/C19H36N4O3/c1-6-21(7-2)14-16(24)22-9-11-23(12-10-22)17(25)19(20)13-15(26-8-3)18(19,4)5/h15H,6-14,20H2,1-5H3. The van der Waals surface area contributed by atoms with Crippen molar-refractivity contribution in [3.63, 3.8) is 0 Å². The molecule has 2 atom stereocenters. The maximum Gasteiger partial charge on any atom is 0.243 e. The van der Waals surface area contributed by atoms with E-state index >= 15 is 0 Å². The molecule has 0 bridgehead atoms. The summed E-state index contributed by atoms with van der Waals surface area (Å²) in [6.45, 7) is 15.2. The van der Waals surface area contributed by atoms with E-state index in [2.05, 4.69) is 18.7 Å². The first-order valence-corrected chi connectivity index (χ1v) is 9.91. The summed E-state index contributed by atoms with van der Waals surface area (Å²) in [5.74, 6) is 0.137. The molecular weight excluding hydrogens is 332 g/mol. The quantitative estimate of drug-likeness (QED) is 0.709. The smallest absolute Gasteiger partial charge is 0.243 e. The molecule has 150 valence electrons. The van der Waals surface area contributed by atoms with Crippen LogP contribution in [-0.2, 0) is 14.3 Å². The molecule has 26 heavy (non-hydrogen) atoms. The minimum atomic E-state index is -0.875. The van der Waals surface area contributed by atoms with Gasteiger partial charge in [-0.1, -0.05) is 27.7 Å². The van der Waals surface area contributed by atoms with E-state index in [1.807, 2.05) is 30.6 Å². The molecule has 1 aliphatic carbocycles. The largest absolute Gasteiger partial charge is 0.378 e. The lowest BCUT2D eigenvalue weighted by Gasteiger charge is -2.59. The Morgan fingerprint density at radius 2 is 1.62 bits per heavy atom. The van der Waals surface area contributed by atoms with Crippen LogP contribution in [-0.4, -0.2) is 90.6 Å². The number of hydrogen-bond acceptors (Lipinski definition) is 5. The van der Waals surface area contributed by atoms with Crippen LogP contribution in [0.5, 0.6) is 0 Å². The Kier molecular flexibility index (Phi) is 6.69. The fourth-order valence-corrected chi connectivity index (χ4v) is 3.98. The van der Waals surface area contributed by atoms with Gasteiger partial charge in [-0.2, -0.15) is 0 Å². The lowest BCUT2D eigenvalue weighted by molar-refractivity contribution is -0.180. The highest BCUT2D eigenvalue weighted by atomic mass is 16.5. The number of rotatable bonds is 7. The Labute approximate surface area is 157 Å². The zero-order valence-corrected chi connectivity index (χ0v) is 17.1. The molecule has 1 aliphatic heterocycles. The average molecular weight is 369 g/mol. The molecule has 2 rings (SSSR count). The SMILES string of the molecule is CCOC1CC(N)(C(=O)N2CCN(C(=O)CN(CC)CC)CC2)C1(C)C. The van der Waals surface area contributed by atoms with Crippen LogP contribution in [0.4, 0.5) is 0 Å². The van der Waals surface area contributed by atoms with Gasteiger partial charge in [-0.15, -0.1) is 0 Å². The van der Waals surface area contributed by atoms with E-state index in [1.54, 1.807) is 0 Å². The molecular formula is C19H36N4O3. The van der Waals surface area contributed by atoms with Gasteiger partial charge in [0.2, 0.25) is 11.8 Å². The van der Waals surface area contributed by atoms with E-state index in [9.17, 15) is 9.59 Å². The summed E-state index contributed by atoms with van der Waals surface area (Å²) in [5, 5.41) is 0. The second-order valence-electron chi connectivity index (χ2n) is 7.98. The Morgan fingerprint density at radius 3 is 2.08 bits per heavy atom. The number of piperazine rings is 1. The van der Waals surface area contributed by atoms with Gasteiger partial charge in [0.05, 0.1) is 12.6 Å². The lowest BCUT2D eigenvalue weighted by Crippen LogP contribution is -2.76. The Hall–Kier alpha value is -1.18. The van der Waals surface area contributed by atoms with Crippen LogP contribution >= 0.6 is 0 Å². The number of hydrogen-bond donors (Lipinski definition) is 1. The molecule has 2 fully saturated rings. The van der Waals surface area contributed by atoms with Gasteiger partial charge in [-0.05, 0) is 20.0 Å². The predicted molar refractivity (Wildman–Crippen MR) is 102 cm³/mol. The van der Waals surface area contributed by atoms with Crippen molar-refractivity contribution >= 4 is 11.8 Å². The van der Waals surface area contributed by atoms with Crippen molar-refractivity contribution in [1.82, 2.24) is 14.7 Å². The highest BCUT2D eigenvalue weighted by Crippen LogP contribution is 2.50. The van der Waals surface area contributed by atoms with Crippen LogP contribution in [0.15, 0.2) is 0 Å². The maximum absolute atomic E-state index is 13.0. The van der Waals surface area contributed by atoms with E-state index < -0.39 is 5.54 Å². The minimum Gasteiger partial charge on any atom is -0.378 e. The number of nitrogens with two attached hydrogens (primary N) is 1. The van der Waals surface area contributed by atoms with Crippen molar-refractivity contribution in [3.8, 4) is 0 Å². The van der Waals surface area contributed by atoms with Crippen LogP contribution in [0.3, 0.4) is 0 Å². The summed E-state index contributed by atoms with van der Waals surface area (Å²) in [7, 11) is 0. The van der Waals surface area contributed by atoms with Crippen LogP contribution < -0.4 is 5.73 Å². The van der Waals surface area contributed by atoms with Crippen molar-refractivity contribution in [3.05, 3.63) is 0 Å². The fraction of sp³-hybridized carbons (Fsp3) is 0.895. The average Bonchev–Trinajstić information content (AvgIpc) is 2.65. The van der Waals surface area contributed by atoms with Crippen LogP contribution in [0, 0.1) is 5.41 Å². The summed E-state index contributed by atoms with van der Waals surface area (Å²) >= 11 is 0. The Bertz CT molecular complexity index is 513. The van der Waals surface area contributed by atoms with E-state index in [0.29, 0.717) is 45.8 Å². The monoisotopic (exact) mass is 368 g/mol. The van der Waals surface area contributed by atoms with Gasteiger partial charge in [-0.3, -0.25) is 14.5 Å². The predicted octanol–water partition coefficient (Wildman–Crippen LogP) is 0.532. The van der Waals surface area contributed by atoms with Gasteiger partial charge in [0.15, 0.2) is 0 Å². The number of amides is 2. The third-order valence-electron chi connectivity index (χ3n) is 6.38. The number of carbonyl (C=O) groups is 2. The van der Waals surface area contributed by atoms with Crippen molar-refractivity contribution in [2.45, 2.75) is 52.7 Å². The number of ether oxygens (including phenoxy) is 1. The molecule has 2 aliphatic rings. The molecule has 0 aromatic rings. The van der Waals surface area contributed by atoms with Gasteiger partial charge < -0.3 is 20.3 Å². The van der Waals surface area contributed by atoms with Gasteiger partial charge in [-0.25, -0.2) is 0 Å². The zero-order chi connectivity index (χ0) is 19.5. The number of nitrogens with zero attached hydrogens (tertiary/aromatic N) is 3. The lowest BCUT2D eigenvalue weighted by atomic mass is 9.54. The second kappa shape index (κ2) is 8.23. The molecule has 1 heterocycles. The first-order chi connectivity index (χ1) is 12.2. The second-order valence-corrected chi connectivity index (χ2v) is 7.98. The Balaban J connectivity index is 1.90. The summed E-state index contributed by atoms with van der Waals surface area (Å²) in [6.07, 6.45) is 0.590. The molecule has 0 spiro atoms. The number of likely N-dealkylation sites (N-methyl/N-ethyl adjacent to an activating group) is 1. The van der Waals surface area contributed by atoms with E-state index in [-0.39, 0.29) is 23.3 Å². The van der Waals surface area contributed by atoms with Gasteiger partial charge >= 0.3 is 0 Å². The normalized spacial score (nSPS) is 28.2. The molecule has 0 aromatic heterocycles.